The standard InChI is InChI=1S/C20H31N5O2/c1-12-17(22-15-5-3-4-6-15)23-18(24-19(12)27)13(2)25-10-20(11-25)8-14(9-20)7-16(21)26/h13-15H,3-11H2,1-2H3,(H2,21,26)(H2,22,23,24,27). The van der Waals surface area contributed by atoms with E-state index in [4.69, 9.17) is 10.7 Å². The molecule has 1 amide bonds. The number of nitrogens with two attached hydrogens (primary N) is 1. The highest BCUT2D eigenvalue weighted by atomic mass is 16.1. The van der Waals surface area contributed by atoms with Crippen LogP contribution in [0.1, 0.15) is 69.3 Å². The number of aromatic amines is 1. The molecule has 0 bridgehead atoms. The maximum Gasteiger partial charge on any atom is 0.255 e. The molecule has 1 aromatic rings. The van der Waals surface area contributed by atoms with E-state index < -0.39 is 0 Å². The minimum absolute atomic E-state index is 0.0484. The zero-order chi connectivity index (χ0) is 19.2. The Balaban J connectivity index is 1.39. The van der Waals surface area contributed by atoms with E-state index in [-0.39, 0.29) is 17.5 Å². The number of hydrogen-bond acceptors (Lipinski definition) is 5. The Hall–Kier alpha value is -1.89. The number of carbonyl (C=O) groups is 1. The molecule has 1 unspecified atom stereocenters. The van der Waals surface area contributed by atoms with Crippen molar-refractivity contribution in [3.05, 3.63) is 21.7 Å². The summed E-state index contributed by atoms with van der Waals surface area (Å²) in [5.41, 5.74) is 6.28. The van der Waals surface area contributed by atoms with E-state index in [2.05, 4.69) is 22.1 Å². The molecule has 7 heteroatoms. The lowest BCUT2D eigenvalue weighted by Gasteiger charge is -2.60. The van der Waals surface area contributed by atoms with Crippen molar-refractivity contribution < 1.29 is 4.79 Å². The summed E-state index contributed by atoms with van der Waals surface area (Å²) >= 11 is 0. The number of nitrogens with one attached hydrogen (secondary N) is 2. The fourth-order valence-electron chi connectivity index (χ4n) is 5.27. The number of likely N-dealkylation sites (tertiary alicyclic amines) is 1. The van der Waals surface area contributed by atoms with Crippen LogP contribution < -0.4 is 16.6 Å². The maximum atomic E-state index is 12.4. The Bertz CT molecular complexity index is 769. The fourth-order valence-corrected chi connectivity index (χ4v) is 5.27. The first-order valence-corrected chi connectivity index (χ1v) is 10.2. The van der Waals surface area contributed by atoms with Gasteiger partial charge < -0.3 is 16.0 Å². The third-order valence-electron chi connectivity index (χ3n) is 6.82. The van der Waals surface area contributed by atoms with Gasteiger partial charge in [0.25, 0.3) is 5.56 Å². The summed E-state index contributed by atoms with van der Waals surface area (Å²) in [7, 11) is 0. The summed E-state index contributed by atoms with van der Waals surface area (Å²) in [5, 5.41) is 3.49. The number of aromatic nitrogens is 2. The first kappa shape index (κ1) is 18.5. The molecule has 2 saturated carbocycles. The summed E-state index contributed by atoms with van der Waals surface area (Å²) in [4.78, 5) is 33.6. The zero-order valence-electron chi connectivity index (χ0n) is 16.4. The molecular formula is C20H31N5O2. The first-order valence-electron chi connectivity index (χ1n) is 10.2. The number of hydrogen-bond donors (Lipinski definition) is 3. The summed E-state index contributed by atoms with van der Waals surface area (Å²) in [6.45, 7) is 5.96. The SMILES string of the molecule is Cc1c(NC2CCCC2)nc(C(C)N2CC3(CC(CC(N)=O)C3)C2)[nH]c1=O. The van der Waals surface area contributed by atoms with Gasteiger partial charge in [0.05, 0.1) is 11.6 Å². The van der Waals surface area contributed by atoms with E-state index in [1.165, 1.54) is 12.8 Å². The Morgan fingerprint density at radius 1 is 1.37 bits per heavy atom. The van der Waals surface area contributed by atoms with Gasteiger partial charge in [-0.1, -0.05) is 12.8 Å². The highest BCUT2D eigenvalue weighted by Gasteiger charge is 2.53. The largest absolute Gasteiger partial charge is 0.370 e. The molecule has 1 spiro atoms. The molecule has 27 heavy (non-hydrogen) atoms. The summed E-state index contributed by atoms with van der Waals surface area (Å²) in [5.74, 6) is 1.75. The molecule has 3 fully saturated rings. The normalized spacial score (nSPS) is 23.8. The van der Waals surface area contributed by atoms with Crippen LogP contribution >= 0.6 is 0 Å². The number of nitrogens with zero attached hydrogens (tertiary/aromatic N) is 2. The third kappa shape index (κ3) is 3.61. The Morgan fingerprint density at radius 2 is 2.04 bits per heavy atom. The predicted octanol–water partition coefficient (Wildman–Crippen LogP) is 2.08. The lowest BCUT2D eigenvalue weighted by Crippen LogP contribution is -2.62. The van der Waals surface area contributed by atoms with E-state index in [9.17, 15) is 9.59 Å². The van der Waals surface area contributed by atoms with Crippen molar-refractivity contribution in [3.63, 3.8) is 0 Å². The van der Waals surface area contributed by atoms with Gasteiger partial charge in [-0.3, -0.25) is 14.5 Å². The van der Waals surface area contributed by atoms with Gasteiger partial charge in [-0.25, -0.2) is 4.98 Å². The van der Waals surface area contributed by atoms with Crippen molar-refractivity contribution in [1.29, 1.82) is 0 Å². The number of anilines is 1. The van der Waals surface area contributed by atoms with Crippen LogP contribution in [-0.2, 0) is 4.79 Å². The maximum absolute atomic E-state index is 12.4. The summed E-state index contributed by atoms with van der Waals surface area (Å²) in [6, 6.07) is 0.522. The molecule has 1 atom stereocenters. The molecule has 1 aromatic heterocycles. The average Bonchev–Trinajstić information content (AvgIpc) is 3.04. The van der Waals surface area contributed by atoms with Gasteiger partial charge in [-0.05, 0) is 50.9 Å². The quantitative estimate of drug-likeness (QED) is 0.708. The number of carbonyl (C=O) groups excluding carboxylic acids is 1. The molecule has 7 nitrogen and oxygen atoms in total. The van der Waals surface area contributed by atoms with E-state index in [0.717, 1.165) is 50.4 Å². The van der Waals surface area contributed by atoms with Crippen molar-refractivity contribution >= 4 is 11.7 Å². The number of rotatable bonds is 6. The van der Waals surface area contributed by atoms with Crippen LogP contribution in [0.15, 0.2) is 4.79 Å². The van der Waals surface area contributed by atoms with E-state index in [0.29, 0.717) is 29.4 Å². The number of primary amides is 1. The van der Waals surface area contributed by atoms with Crippen molar-refractivity contribution in [2.45, 2.75) is 70.9 Å². The van der Waals surface area contributed by atoms with E-state index >= 15 is 0 Å². The second-order valence-electron chi connectivity index (χ2n) is 9.08. The number of H-pyrrole nitrogens is 1. The van der Waals surface area contributed by atoms with Gasteiger partial charge in [-0.15, -0.1) is 0 Å². The van der Waals surface area contributed by atoms with Gasteiger partial charge in [0, 0.05) is 25.6 Å². The molecular weight excluding hydrogens is 342 g/mol. The van der Waals surface area contributed by atoms with Gasteiger partial charge >= 0.3 is 0 Å². The molecule has 4 N–H and O–H groups in total. The van der Waals surface area contributed by atoms with Crippen molar-refractivity contribution in [3.8, 4) is 0 Å². The average molecular weight is 374 g/mol. The van der Waals surface area contributed by atoms with Crippen LogP contribution in [0.25, 0.3) is 0 Å². The molecule has 1 saturated heterocycles. The predicted molar refractivity (Wildman–Crippen MR) is 104 cm³/mol. The third-order valence-corrected chi connectivity index (χ3v) is 6.82. The fraction of sp³-hybridized carbons (Fsp3) is 0.750. The lowest BCUT2D eigenvalue weighted by molar-refractivity contribution is -0.131. The second kappa shape index (κ2) is 6.93. The minimum atomic E-state index is -0.192. The van der Waals surface area contributed by atoms with Crippen LogP contribution in [-0.4, -0.2) is 39.9 Å². The smallest absolute Gasteiger partial charge is 0.255 e. The van der Waals surface area contributed by atoms with Gasteiger partial charge in [0.15, 0.2) is 0 Å². The highest BCUT2D eigenvalue weighted by Crippen LogP contribution is 2.54. The summed E-state index contributed by atoms with van der Waals surface area (Å²) < 4.78 is 0. The molecule has 1 aliphatic heterocycles. The summed E-state index contributed by atoms with van der Waals surface area (Å²) in [6.07, 6.45) is 7.49. The van der Waals surface area contributed by atoms with Gasteiger partial charge in [-0.2, -0.15) is 0 Å². The van der Waals surface area contributed by atoms with Gasteiger partial charge in [0.2, 0.25) is 5.91 Å². The first-order chi connectivity index (χ1) is 12.8. The van der Waals surface area contributed by atoms with E-state index in [1.807, 2.05) is 6.92 Å². The van der Waals surface area contributed by atoms with Crippen LogP contribution in [0.3, 0.4) is 0 Å². The lowest BCUT2D eigenvalue weighted by atomic mass is 9.56. The van der Waals surface area contributed by atoms with Crippen molar-refractivity contribution in [2.75, 3.05) is 18.4 Å². The molecule has 148 valence electrons. The van der Waals surface area contributed by atoms with Crippen LogP contribution in [0.2, 0.25) is 0 Å². The molecule has 4 rings (SSSR count). The zero-order valence-corrected chi connectivity index (χ0v) is 16.4. The Morgan fingerprint density at radius 3 is 2.67 bits per heavy atom. The minimum Gasteiger partial charge on any atom is -0.370 e. The van der Waals surface area contributed by atoms with E-state index in [1.54, 1.807) is 0 Å². The Kier molecular flexibility index (Phi) is 4.74. The van der Waals surface area contributed by atoms with Crippen molar-refractivity contribution in [2.24, 2.45) is 17.1 Å². The Labute approximate surface area is 160 Å². The van der Waals surface area contributed by atoms with Crippen LogP contribution in [0.5, 0.6) is 0 Å². The van der Waals surface area contributed by atoms with Gasteiger partial charge in [0.1, 0.15) is 11.6 Å². The highest BCUT2D eigenvalue weighted by molar-refractivity contribution is 5.74. The topological polar surface area (TPSA) is 104 Å². The molecule has 2 aliphatic carbocycles. The second-order valence-corrected chi connectivity index (χ2v) is 9.08. The van der Waals surface area contributed by atoms with Crippen molar-refractivity contribution in [1.82, 2.24) is 14.9 Å². The molecule has 0 radical (unpaired) electrons. The molecule has 3 aliphatic rings. The monoisotopic (exact) mass is 373 g/mol. The molecule has 0 aromatic carbocycles. The van der Waals surface area contributed by atoms with Crippen LogP contribution in [0, 0.1) is 18.3 Å². The number of amides is 1. The molecule has 2 heterocycles. The van der Waals surface area contributed by atoms with Crippen LogP contribution in [0.4, 0.5) is 5.82 Å².